The molecule has 10 aromatic rings. The minimum absolute atomic E-state index is 0.0312. The van der Waals surface area contributed by atoms with E-state index in [0.717, 1.165) is 82.3 Å². The van der Waals surface area contributed by atoms with Crippen LogP contribution in [0.15, 0.2) is 94.4 Å². The number of nitrogen functional groups attached to an aromatic ring is 1. The number of amides is 1. The Balaban J connectivity index is 0.000000213. The van der Waals surface area contributed by atoms with Crippen LogP contribution in [0.2, 0.25) is 5.28 Å². The van der Waals surface area contributed by atoms with E-state index in [1.165, 1.54) is 4.90 Å². The molecule has 0 aliphatic carbocycles. The molecule has 30 heteroatoms. The van der Waals surface area contributed by atoms with Crippen molar-refractivity contribution in [3.8, 4) is 0 Å². The summed E-state index contributed by atoms with van der Waals surface area (Å²) in [5.41, 5.74) is 14.5. The smallest absolute Gasteiger partial charge is 0.410 e. The van der Waals surface area contributed by atoms with E-state index in [4.69, 9.17) is 68.5 Å². The van der Waals surface area contributed by atoms with Crippen LogP contribution in [-0.2, 0) is 34.4 Å². The number of fused-ring (bicyclic) bond motifs is 4. The maximum Gasteiger partial charge on any atom is 0.410 e. The number of halogens is 8. The summed E-state index contributed by atoms with van der Waals surface area (Å²) in [6, 6.07) is 0. The van der Waals surface area contributed by atoms with Gasteiger partial charge in [0.1, 0.15) is 19.4 Å². The van der Waals surface area contributed by atoms with E-state index in [9.17, 15) is 9.59 Å². The fraction of sp³-hybridized carbons (Fsp3) is 0.346. The number of carbonyl (C=O) groups excluding carboxylic acids is 2. The van der Waals surface area contributed by atoms with Crippen molar-refractivity contribution in [1.29, 1.82) is 0 Å². The van der Waals surface area contributed by atoms with Crippen molar-refractivity contribution in [3.63, 3.8) is 0 Å². The summed E-state index contributed by atoms with van der Waals surface area (Å²) in [6.07, 6.45) is 23.3. The Morgan fingerprint density at radius 1 is 0.573 bits per heavy atom. The normalized spacial score (nSPS) is 10.6. The molecule has 22 nitrogen and oxygen atoms in total. The number of nitrogens with one attached hydrogen (secondary N) is 1. The van der Waals surface area contributed by atoms with Gasteiger partial charge < -0.3 is 20.7 Å². The van der Waals surface area contributed by atoms with Crippen molar-refractivity contribution < 1.29 is 14.3 Å². The molecule has 3 N–H and O–H groups in total. The van der Waals surface area contributed by atoms with Crippen molar-refractivity contribution >= 4 is 147 Å². The zero-order valence-corrected chi connectivity index (χ0v) is 55.2. The first-order valence-electron chi connectivity index (χ1n) is 24.4. The summed E-state index contributed by atoms with van der Waals surface area (Å²) in [6.45, 7) is 18.4. The highest BCUT2D eigenvalue weighted by Crippen LogP contribution is 2.22. The number of aryl methyl sites for hydroxylation is 6. The molecule has 0 radical (unpaired) electrons. The number of anilines is 1. The van der Waals surface area contributed by atoms with Gasteiger partial charge in [-0.1, -0.05) is 0 Å². The molecule has 82 heavy (non-hydrogen) atoms. The molecule has 0 aliphatic rings. The van der Waals surface area contributed by atoms with E-state index in [-0.39, 0.29) is 23.6 Å². The average Bonchev–Trinajstić information content (AvgIpc) is 4.41. The predicted molar refractivity (Wildman–Crippen MR) is 333 cm³/mol. The number of rotatable bonds is 8. The number of nitrogens with zero attached hydrogens (tertiary/aromatic N) is 17. The third-order valence-corrected chi connectivity index (χ3v) is 13.7. The van der Waals surface area contributed by atoms with Crippen molar-refractivity contribution in [2.75, 3.05) is 31.6 Å². The lowest BCUT2D eigenvalue weighted by molar-refractivity contribution is -0.114. The standard InChI is InChI=1S/C14H19BrN4O2.C9H11BrN4.C8H7BrClN3.C8H8ClN3.C5H5ClN2.C5H7N3.C3H4Cl2O/c1-9-6-16-12-17-10(11(15)19(12)7-9)8-18(5)13(20)21-14(2,3)4;1-6-3-12-9-13-7(4-11-2)8(10)14(9)5-6;1-5-3-11-8-12-6(2-10)7(9)13(8)4-5;1-6-3-10-8-11-7(2-9)5-12(8)4-6;2*1-4-2-7-5(6)8-3-4;4-1-3(6)2-5/h6-7H,8H2,1-5H3;3,5,11H,4H2,1-2H3;3-4H,2H2,1H3;3-5H,2H2,1H3;2-3H,1H3;2-3H,1H3,(H2,6,7,8);1-2H2. The van der Waals surface area contributed by atoms with Crippen LogP contribution in [0.3, 0.4) is 0 Å². The minimum atomic E-state index is -0.514. The van der Waals surface area contributed by atoms with Gasteiger partial charge in [-0.25, -0.2) is 64.6 Å². The second-order valence-corrected chi connectivity index (χ2v) is 22.3. The van der Waals surface area contributed by atoms with E-state index in [1.807, 2.05) is 124 Å². The zero-order valence-electron chi connectivity index (χ0n) is 46.7. The Kier molecular flexibility index (Phi) is 28.1. The molecular formula is C52H61Br3Cl5N19O3. The van der Waals surface area contributed by atoms with Crippen LogP contribution in [-0.4, -0.2) is 126 Å². The summed E-state index contributed by atoms with van der Waals surface area (Å²) in [7, 11) is 3.58. The van der Waals surface area contributed by atoms with Gasteiger partial charge in [0.05, 0.1) is 52.8 Å². The van der Waals surface area contributed by atoms with Gasteiger partial charge in [-0.3, -0.25) is 22.4 Å². The van der Waals surface area contributed by atoms with Gasteiger partial charge in [0, 0.05) is 94.2 Å². The SMILES string of the molecule is CNCc1nc2ncc(C)cn2c1Br.Cc1cnc(Cl)nc1.Cc1cnc(N)nc1.Cc1cnc2nc(CCl)c(Br)n2c1.Cc1cnc2nc(CCl)cn2c1.Cc1cnc2nc(CN(C)C(=O)OC(C)(C)C)c(Br)n2c1.O=C(CCl)CCl. The lowest BCUT2D eigenvalue weighted by Crippen LogP contribution is -2.33. The van der Waals surface area contributed by atoms with Gasteiger partial charge in [-0.05, 0) is 162 Å². The highest BCUT2D eigenvalue weighted by atomic mass is 79.9. The molecule has 0 aliphatic heterocycles. The molecule has 0 fully saturated rings. The van der Waals surface area contributed by atoms with Crippen LogP contribution in [0, 0.1) is 41.5 Å². The molecule has 10 aromatic heterocycles. The number of hydrogen-bond donors (Lipinski definition) is 2. The van der Waals surface area contributed by atoms with Gasteiger partial charge in [-0.2, -0.15) is 0 Å². The van der Waals surface area contributed by atoms with E-state index in [1.54, 1.807) is 50.4 Å². The molecule has 0 saturated carbocycles. The Labute approximate surface area is 524 Å². The molecule has 1 amide bonds. The number of ether oxygens (including phenoxy) is 1. The average molecular weight is 1420 g/mol. The lowest BCUT2D eigenvalue weighted by atomic mass is 10.2. The summed E-state index contributed by atoms with van der Waals surface area (Å²) in [5.74, 6) is 3.80. The topological polar surface area (TPSA) is 257 Å². The fourth-order valence-electron chi connectivity index (χ4n) is 6.16. The summed E-state index contributed by atoms with van der Waals surface area (Å²) < 4.78 is 15.5. The van der Waals surface area contributed by atoms with Crippen molar-refractivity contribution in [2.24, 2.45) is 0 Å². The van der Waals surface area contributed by atoms with Gasteiger partial charge in [0.15, 0.2) is 5.78 Å². The maximum atomic E-state index is 12.0. The van der Waals surface area contributed by atoms with Gasteiger partial charge in [0.25, 0.3) is 0 Å². The number of hydrogen-bond acceptors (Lipinski definition) is 17. The number of aromatic nitrogens is 16. The van der Waals surface area contributed by atoms with E-state index < -0.39 is 5.60 Å². The summed E-state index contributed by atoms with van der Waals surface area (Å²) >= 11 is 37.2. The number of Topliss-reactive ketones (excluding diaryl/α,β-unsaturated/α-hetero) is 1. The molecule has 10 rings (SSSR count). The van der Waals surface area contributed by atoms with Gasteiger partial charge in [0.2, 0.25) is 34.3 Å². The lowest BCUT2D eigenvalue weighted by Gasteiger charge is -2.24. The monoisotopic (exact) mass is 1410 g/mol. The Hall–Kier alpha value is -5.77. The highest BCUT2D eigenvalue weighted by molar-refractivity contribution is 9.11. The summed E-state index contributed by atoms with van der Waals surface area (Å²) in [5, 5.41) is 3.37. The minimum Gasteiger partial charge on any atom is -0.444 e. The first-order valence-corrected chi connectivity index (χ1v) is 29.3. The first-order chi connectivity index (χ1) is 38.8. The summed E-state index contributed by atoms with van der Waals surface area (Å²) in [4.78, 5) is 72.4. The number of alkyl halides is 4. The van der Waals surface area contributed by atoms with Crippen LogP contribution in [0.5, 0.6) is 0 Å². The largest absolute Gasteiger partial charge is 0.444 e. The molecule has 10 heterocycles. The zero-order chi connectivity index (χ0) is 60.8. The van der Waals surface area contributed by atoms with Crippen LogP contribution < -0.4 is 11.1 Å². The fourth-order valence-corrected chi connectivity index (χ4v) is 8.47. The van der Waals surface area contributed by atoms with E-state index >= 15 is 0 Å². The molecule has 0 bridgehead atoms. The van der Waals surface area contributed by atoms with Crippen molar-refractivity contribution in [1.82, 2.24) is 87.6 Å². The van der Waals surface area contributed by atoms with E-state index in [0.29, 0.717) is 46.9 Å². The number of ketones is 1. The van der Waals surface area contributed by atoms with Crippen molar-refractivity contribution in [2.45, 2.75) is 92.8 Å². The second-order valence-electron chi connectivity index (χ2n) is 18.6. The van der Waals surface area contributed by atoms with Crippen molar-refractivity contribution in [3.05, 3.63) is 156 Å². The van der Waals surface area contributed by atoms with Crippen LogP contribution in [0.4, 0.5) is 10.7 Å². The number of imidazole rings is 4. The molecule has 438 valence electrons. The van der Waals surface area contributed by atoms with Crippen LogP contribution in [0.1, 0.15) is 76.9 Å². The van der Waals surface area contributed by atoms with Crippen LogP contribution in [0.25, 0.3) is 23.1 Å². The number of nitrogens with two attached hydrogens (primary N) is 1. The second kappa shape index (κ2) is 33.5. The molecule has 0 saturated heterocycles. The third kappa shape index (κ3) is 22.1. The van der Waals surface area contributed by atoms with Gasteiger partial charge >= 0.3 is 6.09 Å². The molecule has 0 atom stereocenters. The highest BCUT2D eigenvalue weighted by Gasteiger charge is 2.22. The quantitative estimate of drug-likeness (QED) is 0.106. The molecule has 0 unspecified atom stereocenters. The first kappa shape index (κ1) is 68.7. The molecule has 0 spiro atoms. The van der Waals surface area contributed by atoms with Gasteiger partial charge in [-0.15, -0.1) is 46.4 Å². The maximum absolute atomic E-state index is 12.0. The Bertz CT molecular complexity index is 3560. The molecular weight excluding hydrogens is 1360 g/mol. The predicted octanol–water partition coefficient (Wildman–Crippen LogP) is 11.8. The van der Waals surface area contributed by atoms with Crippen LogP contribution >= 0.6 is 106 Å². The molecule has 0 aromatic carbocycles. The Morgan fingerprint density at radius 3 is 1.38 bits per heavy atom. The Morgan fingerprint density at radius 2 is 0.976 bits per heavy atom. The third-order valence-electron chi connectivity index (χ3n) is 9.89. The number of carbonyl (C=O) groups is 2. The van der Waals surface area contributed by atoms with E-state index in [2.05, 4.69) is 113 Å².